The van der Waals surface area contributed by atoms with Gasteiger partial charge in [0.25, 0.3) is 0 Å². The minimum atomic E-state index is -0.511. The molecule has 8 nitrogen and oxygen atoms in total. The highest BCUT2D eigenvalue weighted by Crippen LogP contribution is 2.27. The van der Waals surface area contributed by atoms with Crippen molar-refractivity contribution in [1.29, 1.82) is 0 Å². The molecule has 0 aliphatic carbocycles. The Kier molecular flexibility index (Phi) is 3.28. The monoisotopic (exact) mass is 300 g/mol. The molecule has 3 aromatic rings. The van der Waals surface area contributed by atoms with Gasteiger partial charge in [-0.25, -0.2) is 14.5 Å². The highest BCUT2D eigenvalue weighted by Gasteiger charge is 2.19. The number of anilines is 1. The molecule has 3 N–H and O–H groups in total. The SMILES string of the molecule is Cc1cc2[nH]c(=O)[nH]c2c(NC(=O)C(C)n2cncn2)c1C. The minimum absolute atomic E-state index is 0.234. The van der Waals surface area contributed by atoms with E-state index in [0.717, 1.165) is 11.1 Å². The van der Waals surface area contributed by atoms with Gasteiger partial charge in [-0.05, 0) is 38.0 Å². The van der Waals surface area contributed by atoms with Crippen LogP contribution >= 0.6 is 0 Å². The molecule has 3 rings (SSSR count). The number of amides is 1. The fourth-order valence-corrected chi connectivity index (χ4v) is 2.33. The summed E-state index contributed by atoms with van der Waals surface area (Å²) in [6, 6.07) is 1.36. The Morgan fingerprint density at radius 1 is 1.36 bits per heavy atom. The molecule has 1 aromatic carbocycles. The van der Waals surface area contributed by atoms with E-state index in [0.29, 0.717) is 16.7 Å². The maximum atomic E-state index is 12.4. The standard InChI is InChI=1S/C14H16N6O2/c1-7-4-10-12(19-14(22)17-10)11(8(7)2)18-13(21)9(3)20-6-15-5-16-20/h4-6,9H,1-3H3,(H,18,21)(H2,17,19,22). The Balaban J connectivity index is 2.01. The van der Waals surface area contributed by atoms with Crippen LogP contribution in [0.5, 0.6) is 0 Å². The Bertz CT molecular complexity index is 890. The number of carbonyl (C=O) groups excluding carboxylic acids is 1. The quantitative estimate of drug-likeness (QED) is 0.676. The van der Waals surface area contributed by atoms with Gasteiger partial charge in [0.2, 0.25) is 5.91 Å². The first kappa shape index (κ1) is 14.1. The number of nitrogens with zero attached hydrogens (tertiary/aromatic N) is 3. The number of aromatic amines is 2. The summed E-state index contributed by atoms with van der Waals surface area (Å²) in [5.41, 5.74) is 3.43. The van der Waals surface area contributed by atoms with Gasteiger partial charge >= 0.3 is 5.69 Å². The average Bonchev–Trinajstić information content (AvgIpc) is 3.11. The van der Waals surface area contributed by atoms with E-state index < -0.39 is 6.04 Å². The number of fused-ring (bicyclic) bond motifs is 1. The smallest absolute Gasteiger partial charge is 0.322 e. The van der Waals surface area contributed by atoms with Gasteiger partial charge in [-0.3, -0.25) is 4.79 Å². The Labute approximate surface area is 125 Å². The second-order valence-corrected chi connectivity index (χ2v) is 5.24. The molecule has 2 aromatic heterocycles. The van der Waals surface area contributed by atoms with Crippen molar-refractivity contribution in [3.8, 4) is 0 Å². The highest BCUT2D eigenvalue weighted by atomic mass is 16.2. The van der Waals surface area contributed by atoms with E-state index in [1.54, 1.807) is 6.92 Å². The molecular formula is C14H16N6O2. The van der Waals surface area contributed by atoms with Gasteiger partial charge in [0.1, 0.15) is 18.7 Å². The van der Waals surface area contributed by atoms with Crippen molar-refractivity contribution in [2.24, 2.45) is 0 Å². The molecule has 0 fully saturated rings. The number of benzene rings is 1. The first-order chi connectivity index (χ1) is 10.5. The number of hydrogen-bond acceptors (Lipinski definition) is 4. The molecule has 0 aliphatic heterocycles. The van der Waals surface area contributed by atoms with Crippen molar-refractivity contribution in [2.45, 2.75) is 26.8 Å². The van der Waals surface area contributed by atoms with Crippen molar-refractivity contribution < 1.29 is 4.79 Å². The molecule has 1 unspecified atom stereocenters. The van der Waals surface area contributed by atoms with Gasteiger partial charge in [-0.2, -0.15) is 5.10 Å². The van der Waals surface area contributed by atoms with Crippen molar-refractivity contribution >= 4 is 22.6 Å². The third-order valence-corrected chi connectivity index (χ3v) is 3.79. The average molecular weight is 300 g/mol. The normalized spacial score (nSPS) is 12.5. The number of imidazole rings is 1. The summed E-state index contributed by atoms with van der Waals surface area (Å²) in [6.07, 6.45) is 2.87. The maximum Gasteiger partial charge on any atom is 0.323 e. The Hall–Kier alpha value is -2.90. The number of rotatable bonds is 3. The number of H-pyrrole nitrogens is 2. The number of hydrogen-bond donors (Lipinski definition) is 3. The van der Waals surface area contributed by atoms with E-state index in [1.807, 2.05) is 19.9 Å². The third-order valence-electron chi connectivity index (χ3n) is 3.79. The van der Waals surface area contributed by atoms with Gasteiger partial charge in [0.15, 0.2) is 0 Å². The van der Waals surface area contributed by atoms with Gasteiger partial charge in [-0.15, -0.1) is 0 Å². The van der Waals surface area contributed by atoms with Crippen LogP contribution in [0.25, 0.3) is 11.0 Å². The van der Waals surface area contributed by atoms with E-state index in [2.05, 4.69) is 25.4 Å². The summed E-state index contributed by atoms with van der Waals surface area (Å²) in [6.45, 7) is 5.55. The summed E-state index contributed by atoms with van der Waals surface area (Å²) < 4.78 is 1.47. The molecule has 0 saturated heterocycles. The van der Waals surface area contributed by atoms with Crippen LogP contribution in [0.2, 0.25) is 0 Å². The number of nitrogens with one attached hydrogen (secondary N) is 3. The maximum absolute atomic E-state index is 12.4. The number of aromatic nitrogens is 5. The topological polar surface area (TPSA) is 108 Å². The molecule has 1 amide bonds. The molecule has 0 bridgehead atoms. The fourth-order valence-electron chi connectivity index (χ4n) is 2.33. The predicted molar refractivity (Wildman–Crippen MR) is 81.8 cm³/mol. The first-order valence-electron chi connectivity index (χ1n) is 6.84. The fraction of sp³-hybridized carbons (Fsp3) is 0.286. The van der Waals surface area contributed by atoms with E-state index in [-0.39, 0.29) is 11.6 Å². The van der Waals surface area contributed by atoms with Crippen LogP contribution in [0.4, 0.5) is 5.69 Å². The van der Waals surface area contributed by atoms with Crippen molar-refractivity contribution in [2.75, 3.05) is 5.32 Å². The van der Waals surface area contributed by atoms with Crippen molar-refractivity contribution in [3.63, 3.8) is 0 Å². The van der Waals surface area contributed by atoms with E-state index in [4.69, 9.17) is 0 Å². The first-order valence-corrected chi connectivity index (χ1v) is 6.84. The zero-order chi connectivity index (χ0) is 15.9. The summed E-state index contributed by atoms with van der Waals surface area (Å²) in [7, 11) is 0. The second kappa shape index (κ2) is 5.14. The molecule has 0 saturated carbocycles. The lowest BCUT2D eigenvalue weighted by molar-refractivity contribution is -0.119. The number of carbonyl (C=O) groups is 1. The molecule has 0 radical (unpaired) electrons. The van der Waals surface area contributed by atoms with Gasteiger partial charge in [0, 0.05) is 0 Å². The van der Waals surface area contributed by atoms with Crippen LogP contribution in [0.15, 0.2) is 23.5 Å². The van der Waals surface area contributed by atoms with Crippen LogP contribution in [-0.4, -0.2) is 30.6 Å². The van der Waals surface area contributed by atoms with E-state index in [1.165, 1.54) is 17.3 Å². The second-order valence-electron chi connectivity index (χ2n) is 5.24. The lowest BCUT2D eigenvalue weighted by atomic mass is 10.1. The van der Waals surface area contributed by atoms with Crippen molar-refractivity contribution in [3.05, 3.63) is 40.3 Å². The summed E-state index contributed by atoms with van der Waals surface area (Å²) in [5.74, 6) is -0.234. The lowest BCUT2D eigenvalue weighted by Gasteiger charge is -2.15. The zero-order valence-electron chi connectivity index (χ0n) is 12.5. The summed E-state index contributed by atoms with van der Waals surface area (Å²) in [5, 5.41) is 6.84. The van der Waals surface area contributed by atoms with Crippen LogP contribution in [0.3, 0.4) is 0 Å². The van der Waals surface area contributed by atoms with E-state index in [9.17, 15) is 9.59 Å². The summed E-state index contributed by atoms with van der Waals surface area (Å²) in [4.78, 5) is 33.2. The lowest BCUT2D eigenvalue weighted by Crippen LogP contribution is -2.24. The molecule has 2 heterocycles. The van der Waals surface area contributed by atoms with E-state index >= 15 is 0 Å². The van der Waals surface area contributed by atoms with Crippen molar-refractivity contribution in [1.82, 2.24) is 24.7 Å². The molecule has 8 heteroatoms. The molecule has 0 spiro atoms. The van der Waals surface area contributed by atoms with Crippen LogP contribution in [0.1, 0.15) is 24.1 Å². The highest BCUT2D eigenvalue weighted by molar-refractivity contribution is 6.02. The zero-order valence-corrected chi connectivity index (χ0v) is 12.5. The predicted octanol–water partition coefficient (Wildman–Crippen LogP) is 1.26. The third kappa shape index (κ3) is 2.28. The van der Waals surface area contributed by atoms with Crippen LogP contribution in [-0.2, 0) is 4.79 Å². The largest absolute Gasteiger partial charge is 0.323 e. The molecule has 22 heavy (non-hydrogen) atoms. The number of aryl methyl sites for hydroxylation is 1. The molecule has 1 atom stereocenters. The van der Waals surface area contributed by atoms with Gasteiger partial charge in [0.05, 0.1) is 16.7 Å². The summed E-state index contributed by atoms with van der Waals surface area (Å²) >= 11 is 0. The molecular weight excluding hydrogens is 284 g/mol. The molecule has 114 valence electrons. The minimum Gasteiger partial charge on any atom is -0.322 e. The van der Waals surface area contributed by atoms with Crippen LogP contribution in [0, 0.1) is 13.8 Å². The van der Waals surface area contributed by atoms with Crippen LogP contribution < -0.4 is 11.0 Å². The Morgan fingerprint density at radius 2 is 2.14 bits per heavy atom. The van der Waals surface area contributed by atoms with Gasteiger partial charge < -0.3 is 15.3 Å². The Morgan fingerprint density at radius 3 is 2.82 bits per heavy atom. The van der Waals surface area contributed by atoms with Gasteiger partial charge in [-0.1, -0.05) is 0 Å². The molecule has 0 aliphatic rings.